The van der Waals surface area contributed by atoms with Gasteiger partial charge in [-0.3, -0.25) is 9.59 Å². The molecule has 5 nitrogen and oxygen atoms in total. The molecule has 0 radical (unpaired) electrons. The Morgan fingerprint density at radius 2 is 1.59 bits per heavy atom. The van der Waals surface area contributed by atoms with Crippen LogP contribution in [-0.2, 0) is 4.79 Å². The predicted octanol–water partition coefficient (Wildman–Crippen LogP) is 4.17. The average Bonchev–Trinajstić information content (AvgIpc) is 2.75. The fourth-order valence-electron chi connectivity index (χ4n) is 3.47. The van der Waals surface area contributed by atoms with Crippen LogP contribution in [0.4, 0.5) is 4.39 Å². The molecule has 0 aromatic heterocycles. The molecule has 2 aromatic rings. The molecule has 1 fully saturated rings. The van der Waals surface area contributed by atoms with Gasteiger partial charge in [0.15, 0.2) is 11.9 Å². The van der Waals surface area contributed by atoms with Gasteiger partial charge in [0.2, 0.25) is 0 Å². The summed E-state index contributed by atoms with van der Waals surface area (Å²) in [4.78, 5) is 24.9. The summed E-state index contributed by atoms with van der Waals surface area (Å²) in [5, 5.41) is 12.3. The topological polar surface area (TPSA) is 79.2 Å². The number of hydrogen-bond acceptors (Lipinski definition) is 4. The van der Waals surface area contributed by atoms with E-state index in [0.717, 1.165) is 19.3 Å². The second-order valence-corrected chi connectivity index (χ2v) is 7.36. The van der Waals surface area contributed by atoms with E-state index in [0.29, 0.717) is 29.7 Å². The zero-order chi connectivity index (χ0) is 20.9. The Hall–Kier alpha value is -3.20. The molecule has 1 atom stereocenters. The summed E-state index contributed by atoms with van der Waals surface area (Å²) in [6.45, 7) is 1.63. The van der Waals surface area contributed by atoms with Gasteiger partial charge in [-0.25, -0.2) is 4.39 Å². The summed E-state index contributed by atoms with van der Waals surface area (Å²) in [6, 6.07) is 14.0. The quantitative estimate of drug-likeness (QED) is 0.746. The van der Waals surface area contributed by atoms with Gasteiger partial charge in [0.25, 0.3) is 5.91 Å². The Morgan fingerprint density at radius 1 is 1.03 bits per heavy atom. The van der Waals surface area contributed by atoms with Crippen molar-refractivity contribution in [1.82, 2.24) is 5.32 Å². The van der Waals surface area contributed by atoms with Crippen molar-refractivity contribution < 1.29 is 18.7 Å². The van der Waals surface area contributed by atoms with Crippen LogP contribution in [0.1, 0.15) is 54.9 Å². The molecule has 2 aromatic carbocycles. The number of nitrogens with one attached hydrogen (secondary N) is 1. The standard InChI is InChI=1S/C23H23FN2O3/c1-16(22(28)26-23(15-25)13-3-2-4-14-23)29-20-11-7-18(8-12-20)21(27)17-5-9-19(24)10-6-17/h5-12,16H,2-4,13-14H2,1H3,(H,26,28). The van der Waals surface area contributed by atoms with Gasteiger partial charge in [-0.15, -0.1) is 0 Å². The van der Waals surface area contributed by atoms with Crippen LogP contribution in [0, 0.1) is 17.1 Å². The maximum atomic E-state index is 13.0. The average molecular weight is 394 g/mol. The fraction of sp³-hybridized carbons (Fsp3) is 0.348. The molecule has 1 N–H and O–H groups in total. The first-order chi connectivity index (χ1) is 13.9. The largest absolute Gasteiger partial charge is 0.481 e. The number of amides is 1. The van der Waals surface area contributed by atoms with Crippen LogP contribution < -0.4 is 10.1 Å². The van der Waals surface area contributed by atoms with Crippen molar-refractivity contribution in [2.45, 2.75) is 50.7 Å². The maximum absolute atomic E-state index is 13.0. The molecule has 150 valence electrons. The summed E-state index contributed by atoms with van der Waals surface area (Å²) in [5.41, 5.74) is 0.0204. The highest BCUT2D eigenvalue weighted by molar-refractivity contribution is 6.09. The molecule has 29 heavy (non-hydrogen) atoms. The van der Waals surface area contributed by atoms with Crippen molar-refractivity contribution in [2.75, 3.05) is 0 Å². The molecule has 0 aliphatic heterocycles. The first kappa shape index (κ1) is 20.5. The first-order valence-corrected chi connectivity index (χ1v) is 9.73. The number of carbonyl (C=O) groups is 2. The van der Waals surface area contributed by atoms with E-state index in [-0.39, 0.29) is 11.7 Å². The summed E-state index contributed by atoms with van der Waals surface area (Å²) in [6.07, 6.45) is 3.46. The van der Waals surface area contributed by atoms with Crippen LogP contribution in [0.15, 0.2) is 48.5 Å². The molecule has 1 unspecified atom stereocenters. The lowest BCUT2D eigenvalue weighted by atomic mass is 9.83. The summed E-state index contributed by atoms with van der Waals surface area (Å²) in [5.74, 6) is -0.516. The third-order valence-electron chi connectivity index (χ3n) is 5.19. The summed E-state index contributed by atoms with van der Waals surface area (Å²) >= 11 is 0. The zero-order valence-corrected chi connectivity index (χ0v) is 16.3. The molecule has 1 saturated carbocycles. The van der Waals surface area contributed by atoms with Crippen molar-refractivity contribution in [3.63, 3.8) is 0 Å². The van der Waals surface area contributed by atoms with Gasteiger partial charge in [0.05, 0.1) is 6.07 Å². The highest BCUT2D eigenvalue weighted by Crippen LogP contribution is 2.28. The Labute approximate surface area is 169 Å². The van der Waals surface area contributed by atoms with E-state index in [1.807, 2.05) is 0 Å². The number of hydrogen-bond donors (Lipinski definition) is 1. The zero-order valence-electron chi connectivity index (χ0n) is 16.3. The van der Waals surface area contributed by atoms with Crippen molar-refractivity contribution >= 4 is 11.7 Å². The molecular weight excluding hydrogens is 371 g/mol. The third-order valence-corrected chi connectivity index (χ3v) is 5.19. The lowest BCUT2D eigenvalue weighted by Gasteiger charge is -2.32. The normalized spacial score (nSPS) is 16.3. The number of rotatable bonds is 6. The first-order valence-electron chi connectivity index (χ1n) is 9.73. The van der Waals surface area contributed by atoms with E-state index in [4.69, 9.17) is 4.74 Å². The van der Waals surface area contributed by atoms with Crippen molar-refractivity contribution in [1.29, 1.82) is 5.26 Å². The van der Waals surface area contributed by atoms with Gasteiger partial charge in [0, 0.05) is 11.1 Å². The van der Waals surface area contributed by atoms with Crippen LogP contribution in [0.2, 0.25) is 0 Å². The van der Waals surface area contributed by atoms with Crippen LogP contribution >= 0.6 is 0 Å². The van der Waals surface area contributed by atoms with Gasteiger partial charge in [-0.1, -0.05) is 19.3 Å². The Morgan fingerprint density at radius 3 is 2.14 bits per heavy atom. The Balaban J connectivity index is 1.61. The fourth-order valence-corrected chi connectivity index (χ4v) is 3.47. The van der Waals surface area contributed by atoms with E-state index in [9.17, 15) is 19.2 Å². The van der Waals surface area contributed by atoms with Gasteiger partial charge in [0.1, 0.15) is 17.1 Å². The van der Waals surface area contributed by atoms with Crippen LogP contribution in [-0.4, -0.2) is 23.3 Å². The summed E-state index contributed by atoms with van der Waals surface area (Å²) in [7, 11) is 0. The molecule has 0 spiro atoms. The second-order valence-electron chi connectivity index (χ2n) is 7.36. The molecule has 6 heteroatoms. The van der Waals surface area contributed by atoms with Gasteiger partial charge in [-0.05, 0) is 68.3 Å². The third kappa shape index (κ3) is 5.00. The number of ether oxygens (including phenoxy) is 1. The molecule has 1 aliphatic carbocycles. The Kier molecular flexibility index (Phi) is 6.28. The van der Waals surface area contributed by atoms with Crippen molar-refractivity contribution in [2.24, 2.45) is 0 Å². The minimum Gasteiger partial charge on any atom is -0.481 e. The lowest BCUT2D eigenvalue weighted by molar-refractivity contribution is -0.129. The van der Waals surface area contributed by atoms with Crippen LogP contribution in [0.3, 0.4) is 0 Å². The molecule has 0 heterocycles. The predicted molar refractivity (Wildman–Crippen MR) is 106 cm³/mol. The molecule has 1 aliphatic rings. The van der Waals surface area contributed by atoms with Crippen molar-refractivity contribution in [3.8, 4) is 11.8 Å². The van der Waals surface area contributed by atoms with Crippen LogP contribution in [0.5, 0.6) is 5.75 Å². The molecule has 3 rings (SSSR count). The maximum Gasteiger partial charge on any atom is 0.262 e. The number of halogens is 1. The van der Waals surface area contributed by atoms with E-state index in [2.05, 4.69) is 11.4 Å². The lowest BCUT2D eigenvalue weighted by Crippen LogP contribution is -2.52. The smallest absolute Gasteiger partial charge is 0.262 e. The number of nitriles is 1. The van der Waals surface area contributed by atoms with E-state index in [1.165, 1.54) is 24.3 Å². The molecule has 0 bridgehead atoms. The van der Waals surface area contributed by atoms with E-state index < -0.39 is 17.5 Å². The monoisotopic (exact) mass is 394 g/mol. The van der Waals surface area contributed by atoms with Gasteiger partial charge >= 0.3 is 0 Å². The highest BCUT2D eigenvalue weighted by Gasteiger charge is 2.35. The SMILES string of the molecule is CC(Oc1ccc(C(=O)c2ccc(F)cc2)cc1)C(=O)NC1(C#N)CCCCC1. The van der Waals surface area contributed by atoms with Gasteiger partial charge < -0.3 is 10.1 Å². The van der Waals surface area contributed by atoms with Crippen molar-refractivity contribution in [3.05, 3.63) is 65.5 Å². The van der Waals surface area contributed by atoms with E-state index in [1.54, 1.807) is 31.2 Å². The minimum absolute atomic E-state index is 0.226. The minimum atomic E-state index is -0.807. The Bertz CT molecular complexity index is 911. The highest BCUT2D eigenvalue weighted by atomic mass is 19.1. The molecule has 0 saturated heterocycles. The number of nitrogens with zero attached hydrogens (tertiary/aromatic N) is 1. The molecular formula is C23H23FN2O3. The second kappa shape index (κ2) is 8.87. The number of carbonyl (C=O) groups excluding carboxylic acids is 2. The number of benzene rings is 2. The van der Waals surface area contributed by atoms with Crippen LogP contribution in [0.25, 0.3) is 0 Å². The molecule has 1 amide bonds. The number of ketones is 1. The summed E-state index contributed by atoms with van der Waals surface area (Å²) < 4.78 is 18.7. The van der Waals surface area contributed by atoms with E-state index >= 15 is 0 Å². The van der Waals surface area contributed by atoms with Gasteiger partial charge in [-0.2, -0.15) is 5.26 Å².